The lowest BCUT2D eigenvalue weighted by atomic mass is 10.1. The van der Waals surface area contributed by atoms with E-state index in [2.05, 4.69) is 10.3 Å². The second-order valence-electron chi connectivity index (χ2n) is 6.09. The first-order valence-corrected chi connectivity index (χ1v) is 9.59. The van der Waals surface area contributed by atoms with Crippen LogP contribution in [0.5, 0.6) is 11.5 Å². The average Bonchev–Trinajstić information content (AvgIpc) is 3.20. The van der Waals surface area contributed by atoms with Gasteiger partial charge in [0.05, 0.1) is 25.5 Å². The minimum atomic E-state index is -0.555. The van der Waals surface area contributed by atoms with Crippen LogP contribution in [0.3, 0.4) is 0 Å². The molecule has 8 heteroatoms. The van der Waals surface area contributed by atoms with Gasteiger partial charge in [-0.1, -0.05) is 17.7 Å². The smallest absolute Gasteiger partial charge is 0.338 e. The van der Waals surface area contributed by atoms with Gasteiger partial charge < -0.3 is 14.2 Å². The SMILES string of the molecule is COc1ccc(OC)c(-c2csc(NC(=O)COC(=O)c3ccc(C)cc3)n2)c1. The number of esters is 1. The van der Waals surface area contributed by atoms with Gasteiger partial charge in [0.2, 0.25) is 0 Å². The Bertz CT molecular complexity index is 1010. The summed E-state index contributed by atoms with van der Waals surface area (Å²) in [5, 5.41) is 4.82. The molecular formula is C21H20N2O5S. The number of carbonyl (C=O) groups excluding carboxylic acids is 2. The number of anilines is 1. The zero-order chi connectivity index (χ0) is 20.8. The first kappa shape index (κ1) is 20.3. The first-order chi connectivity index (χ1) is 14.0. The quantitative estimate of drug-likeness (QED) is 0.592. The Morgan fingerprint density at radius 2 is 1.83 bits per heavy atom. The Morgan fingerprint density at radius 1 is 1.07 bits per heavy atom. The zero-order valence-electron chi connectivity index (χ0n) is 16.2. The standard InChI is InChI=1S/C21H20N2O5S/c1-13-4-6-14(7-5-13)20(25)28-11-19(24)23-21-22-17(12-29-21)16-10-15(26-2)8-9-18(16)27-3/h4-10,12H,11H2,1-3H3,(H,22,23,24). The minimum Gasteiger partial charge on any atom is -0.497 e. The van der Waals surface area contributed by atoms with Crippen LogP contribution >= 0.6 is 11.3 Å². The molecule has 3 rings (SSSR count). The predicted octanol–water partition coefficient (Wildman–Crippen LogP) is 3.93. The fraction of sp³-hybridized carbons (Fsp3) is 0.190. The lowest BCUT2D eigenvalue weighted by Crippen LogP contribution is -2.20. The van der Waals surface area contributed by atoms with Crippen LogP contribution in [-0.2, 0) is 9.53 Å². The Hall–Kier alpha value is -3.39. The van der Waals surface area contributed by atoms with Gasteiger partial charge in [-0.05, 0) is 37.3 Å². The van der Waals surface area contributed by atoms with Gasteiger partial charge in [-0.15, -0.1) is 11.3 Å². The molecule has 0 fully saturated rings. The van der Waals surface area contributed by atoms with E-state index < -0.39 is 18.5 Å². The molecule has 0 unspecified atom stereocenters. The summed E-state index contributed by atoms with van der Waals surface area (Å²) < 4.78 is 15.7. The van der Waals surface area contributed by atoms with E-state index in [1.165, 1.54) is 11.3 Å². The van der Waals surface area contributed by atoms with Crippen molar-refractivity contribution in [1.82, 2.24) is 4.98 Å². The molecule has 0 bridgehead atoms. The van der Waals surface area contributed by atoms with E-state index >= 15 is 0 Å². The van der Waals surface area contributed by atoms with E-state index in [0.29, 0.717) is 27.9 Å². The Labute approximate surface area is 172 Å². The summed E-state index contributed by atoms with van der Waals surface area (Å²) in [5.41, 5.74) is 2.81. The van der Waals surface area contributed by atoms with Crippen molar-refractivity contribution < 1.29 is 23.8 Å². The molecule has 0 radical (unpaired) electrons. The summed E-state index contributed by atoms with van der Waals surface area (Å²) in [5.74, 6) is 0.286. The third-order valence-corrected chi connectivity index (χ3v) is 4.81. The molecule has 0 aliphatic carbocycles. The molecule has 0 aliphatic heterocycles. The lowest BCUT2D eigenvalue weighted by Gasteiger charge is -2.08. The van der Waals surface area contributed by atoms with Crippen LogP contribution in [0.25, 0.3) is 11.3 Å². The molecule has 1 N–H and O–H groups in total. The summed E-state index contributed by atoms with van der Waals surface area (Å²) in [6.45, 7) is 1.52. The maximum atomic E-state index is 12.1. The van der Waals surface area contributed by atoms with Crippen LogP contribution in [0, 0.1) is 6.92 Å². The van der Waals surface area contributed by atoms with Crippen molar-refractivity contribution in [3.05, 3.63) is 59.0 Å². The number of nitrogens with one attached hydrogen (secondary N) is 1. The molecule has 1 aromatic heterocycles. The third-order valence-electron chi connectivity index (χ3n) is 4.05. The summed E-state index contributed by atoms with van der Waals surface area (Å²) in [4.78, 5) is 28.5. The first-order valence-electron chi connectivity index (χ1n) is 8.71. The van der Waals surface area contributed by atoms with E-state index in [1.807, 2.05) is 13.0 Å². The highest BCUT2D eigenvalue weighted by Gasteiger charge is 2.14. The normalized spacial score (nSPS) is 10.3. The molecule has 2 aromatic carbocycles. The van der Waals surface area contributed by atoms with Gasteiger partial charge in [0.1, 0.15) is 11.5 Å². The maximum Gasteiger partial charge on any atom is 0.338 e. The van der Waals surface area contributed by atoms with Gasteiger partial charge in [0.15, 0.2) is 11.7 Å². The number of nitrogens with zero attached hydrogens (tertiary/aromatic N) is 1. The number of ether oxygens (including phenoxy) is 3. The van der Waals surface area contributed by atoms with Gasteiger partial charge in [0.25, 0.3) is 5.91 Å². The molecule has 0 spiro atoms. The molecule has 0 saturated heterocycles. The van der Waals surface area contributed by atoms with Crippen molar-refractivity contribution in [2.75, 3.05) is 26.1 Å². The molecule has 1 heterocycles. The third kappa shape index (κ3) is 5.11. The van der Waals surface area contributed by atoms with Gasteiger partial charge in [-0.2, -0.15) is 0 Å². The second-order valence-corrected chi connectivity index (χ2v) is 6.95. The number of amides is 1. The molecular weight excluding hydrogens is 392 g/mol. The van der Waals surface area contributed by atoms with Crippen molar-refractivity contribution in [3.8, 4) is 22.8 Å². The number of aryl methyl sites for hydroxylation is 1. The van der Waals surface area contributed by atoms with Crippen molar-refractivity contribution in [3.63, 3.8) is 0 Å². The van der Waals surface area contributed by atoms with Gasteiger partial charge in [-0.3, -0.25) is 10.1 Å². The molecule has 150 valence electrons. The topological polar surface area (TPSA) is 86.8 Å². The van der Waals surface area contributed by atoms with Crippen LogP contribution in [0.1, 0.15) is 15.9 Å². The number of aromatic nitrogens is 1. The summed E-state index contributed by atoms with van der Waals surface area (Å²) in [7, 11) is 3.15. The Balaban J connectivity index is 1.62. The van der Waals surface area contributed by atoms with E-state index in [-0.39, 0.29) is 0 Å². The van der Waals surface area contributed by atoms with Crippen LogP contribution < -0.4 is 14.8 Å². The molecule has 0 saturated carbocycles. The van der Waals surface area contributed by atoms with Crippen LogP contribution in [0.4, 0.5) is 5.13 Å². The van der Waals surface area contributed by atoms with Crippen molar-refractivity contribution in [2.24, 2.45) is 0 Å². The zero-order valence-corrected chi connectivity index (χ0v) is 17.0. The number of hydrogen-bond acceptors (Lipinski definition) is 7. The Kier molecular flexibility index (Phi) is 6.46. The van der Waals surface area contributed by atoms with E-state index in [4.69, 9.17) is 14.2 Å². The monoisotopic (exact) mass is 412 g/mol. The second kappa shape index (κ2) is 9.20. The predicted molar refractivity (Wildman–Crippen MR) is 111 cm³/mol. The van der Waals surface area contributed by atoms with Gasteiger partial charge in [0, 0.05) is 10.9 Å². The summed E-state index contributed by atoms with van der Waals surface area (Å²) in [6, 6.07) is 12.3. The highest BCUT2D eigenvalue weighted by Crippen LogP contribution is 2.34. The van der Waals surface area contributed by atoms with Gasteiger partial charge >= 0.3 is 5.97 Å². The summed E-state index contributed by atoms with van der Waals surface area (Å²) in [6.07, 6.45) is 0. The molecule has 3 aromatic rings. The van der Waals surface area contributed by atoms with Crippen molar-refractivity contribution in [1.29, 1.82) is 0 Å². The van der Waals surface area contributed by atoms with E-state index in [1.54, 1.807) is 56.0 Å². The number of hydrogen-bond donors (Lipinski definition) is 1. The average molecular weight is 412 g/mol. The fourth-order valence-electron chi connectivity index (χ4n) is 2.53. The van der Waals surface area contributed by atoms with E-state index in [0.717, 1.165) is 11.1 Å². The number of rotatable bonds is 7. The van der Waals surface area contributed by atoms with Crippen molar-refractivity contribution >= 4 is 28.3 Å². The Morgan fingerprint density at radius 3 is 2.52 bits per heavy atom. The molecule has 29 heavy (non-hydrogen) atoms. The van der Waals surface area contributed by atoms with Crippen LogP contribution in [0.2, 0.25) is 0 Å². The van der Waals surface area contributed by atoms with Crippen LogP contribution in [0.15, 0.2) is 47.8 Å². The lowest BCUT2D eigenvalue weighted by molar-refractivity contribution is -0.119. The van der Waals surface area contributed by atoms with Crippen LogP contribution in [-0.4, -0.2) is 37.7 Å². The van der Waals surface area contributed by atoms with E-state index in [9.17, 15) is 9.59 Å². The number of benzene rings is 2. The summed E-state index contributed by atoms with van der Waals surface area (Å²) >= 11 is 1.26. The number of thiazole rings is 1. The highest BCUT2D eigenvalue weighted by molar-refractivity contribution is 7.14. The maximum absolute atomic E-state index is 12.1. The minimum absolute atomic E-state index is 0.390. The van der Waals surface area contributed by atoms with Crippen molar-refractivity contribution in [2.45, 2.75) is 6.92 Å². The fourth-order valence-corrected chi connectivity index (χ4v) is 3.26. The number of carbonyl (C=O) groups is 2. The molecule has 0 atom stereocenters. The molecule has 7 nitrogen and oxygen atoms in total. The number of methoxy groups -OCH3 is 2. The molecule has 1 amide bonds. The van der Waals surface area contributed by atoms with Gasteiger partial charge in [-0.25, -0.2) is 9.78 Å². The molecule has 0 aliphatic rings. The largest absolute Gasteiger partial charge is 0.497 e. The highest BCUT2D eigenvalue weighted by atomic mass is 32.1.